The van der Waals surface area contributed by atoms with Crippen molar-refractivity contribution in [3.05, 3.63) is 88.0 Å². The van der Waals surface area contributed by atoms with Crippen molar-refractivity contribution in [1.82, 2.24) is 20.2 Å². The molecule has 37 heavy (non-hydrogen) atoms. The van der Waals surface area contributed by atoms with Gasteiger partial charge in [-0.15, -0.1) is 0 Å². The summed E-state index contributed by atoms with van der Waals surface area (Å²) in [5.74, 6) is 0.177. The third-order valence-corrected chi connectivity index (χ3v) is 6.80. The van der Waals surface area contributed by atoms with Crippen LogP contribution >= 0.6 is 0 Å². The summed E-state index contributed by atoms with van der Waals surface area (Å²) in [6.07, 6.45) is 5.25. The van der Waals surface area contributed by atoms with Crippen LogP contribution in [0.4, 0.5) is 5.82 Å². The van der Waals surface area contributed by atoms with Gasteiger partial charge in [0.2, 0.25) is 0 Å². The average molecular weight is 504 g/mol. The summed E-state index contributed by atoms with van der Waals surface area (Å²) in [6, 6.07) is 15.4. The van der Waals surface area contributed by atoms with Gasteiger partial charge in [0.15, 0.2) is 5.82 Å². The molecule has 2 atom stereocenters. The second kappa shape index (κ2) is 11.3. The zero-order chi connectivity index (χ0) is 26.6. The monoisotopic (exact) mass is 503 g/mol. The van der Waals surface area contributed by atoms with Gasteiger partial charge in [0.25, 0.3) is 11.5 Å². The minimum Gasteiger partial charge on any atom is -0.394 e. The highest BCUT2D eigenvalue weighted by Crippen LogP contribution is 2.26. The number of aliphatic hydroxyl groups is 1. The van der Waals surface area contributed by atoms with Crippen molar-refractivity contribution < 1.29 is 9.90 Å². The fourth-order valence-electron chi connectivity index (χ4n) is 4.18. The molecule has 0 spiro atoms. The van der Waals surface area contributed by atoms with Crippen molar-refractivity contribution in [2.75, 3.05) is 18.5 Å². The van der Waals surface area contributed by atoms with Crippen LogP contribution in [0.3, 0.4) is 0 Å². The Morgan fingerprint density at radius 3 is 2.59 bits per heavy atom. The van der Waals surface area contributed by atoms with E-state index in [2.05, 4.69) is 27.9 Å². The maximum Gasteiger partial charge on any atom is 0.297 e. The maximum atomic E-state index is 13.6. The lowest BCUT2D eigenvalue weighted by atomic mass is 9.93. The molecule has 1 aromatic heterocycles. The first-order valence-electron chi connectivity index (χ1n) is 12.9. The molecule has 2 aromatic carbocycles. The van der Waals surface area contributed by atoms with Gasteiger partial charge in [-0.2, -0.15) is 0 Å². The Labute approximate surface area is 218 Å². The van der Waals surface area contributed by atoms with Crippen molar-refractivity contribution in [2.24, 2.45) is 5.92 Å². The van der Waals surface area contributed by atoms with Gasteiger partial charge in [0.05, 0.1) is 18.3 Å². The van der Waals surface area contributed by atoms with Gasteiger partial charge in [-0.1, -0.05) is 43.3 Å². The van der Waals surface area contributed by atoms with Gasteiger partial charge in [-0.05, 0) is 62.8 Å². The predicted octanol–water partition coefficient (Wildman–Crippen LogP) is 3.58. The summed E-state index contributed by atoms with van der Waals surface area (Å²) < 4.78 is 1.54. The van der Waals surface area contributed by atoms with Crippen LogP contribution in [0.5, 0.6) is 0 Å². The zero-order valence-electron chi connectivity index (χ0n) is 22.0. The first-order chi connectivity index (χ1) is 17.7. The molecule has 4 rings (SSSR count). The number of nitrogens with zero attached hydrogens (tertiary/aromatic N) is 2. The highest BCUT2D eigenvalue weighted by molar-refractivity contribution is 5.95. The Morgan fingerprint density at radius 2 is 1.92 bits per heavy atom. The number of nitrogens with one attached hydrogen (secondary N) is 3. The first kappa shape index (κ1) is 26.6. The highest BCUT2D eigenvalue weighted by Gasteiger charge is 2.26. The van der Waals surface area contributed by atoms with E-state index in [9.17, 15) is 14.7 Å². The van der Waals surface area contributed by atoms with Crippen LogP contribution in [0.1, 0.15) is 61.1 Å². The fraction of sp³-hybridized carbons (Fsp3) is 0.414. The molecule has 1 aliphatic carbocycles. The van der Waals surface area contributed by atoms with E-state index in [1.165, 1.54) is 0 Å². The predicted molar refractivity (Wildman–Crippen MR) is 146 cm³/mol. The van der Waals surface area contributed by atoms with E-state index in [0.29, 0.717) is 17.8 Å². The molecule has 8 heteroatoms. The Kier molecular flexibility index (Phi) is 8.10. The lowest BCUT2D eigenvalue weighted by molar-refractivity contribution is 0.0951. The third-order valence-electron chi connectivity index (χ3n) is 6.80. The number of aryl methyl sites for hydroxylation is 1. The smallest absolute Gasteiger partial charge is 0.297 e. The standard InChI is InChI=1S/C29H37N5O3/c1-19-10-11-22(27(36)32-23-12-13-23)16-24(19)34-15-14-30-26(28(34)37)33-25(21-8-6-5-7-9-21)20(2)17-31-29(3,4)18-35/h5-11,14-16,20,23,25,31,35H,12-13,17-18H2,1-4H3,(H,30,33)(H,32,36)/t20-,25+/m0/s1. The van der Waals surface area contributed by atoms with Crippen LogP contribution in [-0.2, 0) is 0 Å². The number of rotatable bonds is 11. The summed E-state index contributed by atoms with van der Waals surface area (Å²) in [5, 5.41) is 19.4. The number of hydrogen-bond acceptors (Lipinski definition) is 6. The van der Waals surface area contributed by atoms with E-state index >= 15 is 0 Å². The number of benzene rings is 2. The normalized spacial score (nSPS) is 15.2. The number of hydrogen-bond donors (Lipinski definition) is 4. The number of carbonyl (C=O) groups is 1. The number of anilines is 1. The van der Waals surface area contributed by atoms with Crippen molar-refractivity contribution in [1.29, 1.82) is 0 Å². The molecule has 0 saturated heterocycles. The van der Waals surface area contributed by atoms with E-state index in [0.717, 1.165) is 24.0 Å². The Hall–Kier alpha value is -3.49. The average Bonchev–Trinajstić information content (AvgIpc) is 3.71. The topological polar surface area (TPSA) is 108 Å². The number of amides is 1. The molecular weight excluding hydrogens is 466 g/mol. The van der Waals surface area contributed by atoms with Gasteiger partial charge in [-0.3, -0.25) is 14.2 Å². The quantitative estimate of drug-likeness (QED) is 0.319. The largest absolute Gasteiger partial charge is 0.394 e. The lowest BCUT2D eigenvalue weighted by Crippen LogP contribution is -2.46. The molecule has 1 amide bonds. The third kappa shape index (κ3) is 6.64. The summed E-state index contributed by atoms with van der Waals surface area (Å²) in [6.45, 7) is 8.55. The first-order valence-corrected chi connectivity index (χ1v) is 12.9. The molecule has 1 heterocycles. The van der Waals surface area contributed by atoms with E-state index in [1.807, 2.05) is 57.2 Å². The molecule has 0 aliphatic heterocycles. The van der Waals surface area contributed by atoms with E-state index in [1.54, 1.807) is 29.1 Å². The van der Waals surface area contributed by atoms with Gasteiger partial charge in [-0.25, -0.2) is 4.98 Å². The van der Waals surface area contributed by atoms with E-state index in [-0.39, 0.29) is 41.9 Å². The van der Waals surface area contributed by atoms with Gasteiger partial charge < -0.3 is 21.1 Å². The summed E-state index contributed by atoms with van der Waals surface area (Å²) in [4.78, 5) is 30.6. The number of carbonyl (C=O) groups excluding carboxylic acids is 1. The summed E-state index contributed by atoms with van der Waals surface area (Å²) >= 11 is 0. The number of aromatic nitrogens is 2. The molecule has 1 saturated carbocycles. The zero-order valence-corrected chi connectivity index (χ0v) is 22.0. The van der Waals surface area contributed by atoms with Crippen molar-refractivity contribution in [3.8, 4) is 5.69 Å². The van der Waals surface area contributed by atoms with E-state index < -0.39 is 5.54 Å². The molecular formula is C29H37N5O3. The van der Waals surface area contributed by atoms with Gasteiger partial charge >= 0.3 is 0 Å². The van der Waals surface area contributed by atoms with Crippen molar-refractivity contribution in [2.45, 2.75) is 58.2 Å². The van der Waals surface area contributed by atoms with Crippen LogP contribution in [0.25, 0.3) is 5.69 Å². The molecule has 196 valence electrons. The molecule has 0 bridgehead atoms. The van der Waals surface area contributed by atoms with E-state index in [4.69, 9.17) is 0 Å². The molecule has 4 N–H and O–H groups in total. The van der Waals surface area contributed by atoms with Crippen LogP contribution in [0, 0.1) is 12.8 Å². The van der Waals surface area contributed by atoms with Crippen LogP contribution in [0.15, 0.2) is 65.7 Å². The van der Waals surface area contributed by atoms with Crippen LogP contribution in [-0.4, -0.2) is 45.3 Å². The summed E-state index contributed by atoms with van der Waals surface area (Å²) in [5.41, 5.74) is 2.38. The minimum atomic E-state index is -0.415. The second-order valence-electron chi connectivity index (χ2n) is 10.6. The summed E-state index contributed by atoms with van der Waals surface area (Å²) in [7, 11) is 0. The van der Waals surface area contributed by atoms with Crippen LogP contribution < -0.4 is 21.5 Å². The Morgan fingerprint density at radius 1 is 1.19 bits per heavy atom. The maximum absolute atomic E-state index is 13.6. The van der Waals surface area contributed by atoms with Gasteiger partial charge in [0, 0.05) is 36.1 Å². The second-order valence-corrected chi connectivity index (χ2v) is 10.6. The highest BCUT2D eigenvalue weighted by atomic mass is 16.3. The SMILES string of the molecule is Cc1ccc(C(=O)NC2CC2)cc1-n1ccnc(N[C@@H](c2ccccc2)[C@@H](C)CNC(C)(C)CO)c1=O. The Bertz CT molecular complexity index is 1280. The van der Waals surface area contributed by atoms with Crippen molar-refractivity contribution in [3.63, 3.8) is 0 Å². The molecule has 1 aliphatic rings. The van der Waals surface area contributed by atoms with Gasteiger partial charge in [0.1, 0.15) is 0 Å². The molecule has 0 radical (unpaired) electrons. The molecule has 3 aromatic rings. The minimum absolute atomic E-state index is 0.0190. The molecule has 8 nitrogen and oxygen atoms in total. The molecule has 1 fully saturated rings. The lowest BCUT2D eigenvalue weighted by Gasteiger charge is -2.30. The van der Waals surface area contributed by atoms with Crippen molar-refractivity contribution >= 4 is 11.7 Å². The fourth-order valence-corrected chi connectivity index (χ4v) is 4.18. The Balaban J connectivity index is 1.64. The molecule has 0 unspecified atom stereocenters. The van der Waals surface area contributed by atoms with Crippen LogP contribution in [0.2, 0.25) is 0 Å². The number of aliphatic hydroxyl groups excluding tert-OH is 1.